The van der Waals surface area contributed by atoms with E-state index in [1.807, 2.05) is 24.8 Å². The fraction of sp³-hybridized carbons (Fsp3) is 0.500. The van der Waals surface area contributed by atoms with E-state index in [2.05, 4.69) is 39.1 Å². The lowest BCUT2D eigenvalue weighted by atomic mass is 9.97. The molecule has 0 saturated carbocycles. The van der Waals surface area contributed by atoms with Gasteiger partial charge in [-0.1, -0.05) is 24.3 Å². The van der Waals surface area contributed by atoms with Crippen LogP contribution in [0, 0.1) is 6.92 Å². The number of aromatic nitrogens is 2. The van der Waals surface area contributed by atoms with Crippen LogP contribution in [0.1, 0.15) is 42.5 Å². The van der Waals surface area contributed by atoms with Crippen molar-refractivity contribution in [1.82, 2.24) is 14.9 Å². The predicted molar refractivity (Wildman–Crippen MR) is 109 cm³/mol. The summed E-state index contributed by atoms with van der Waals surface area (Å²) in [5.74, 6) is 1.95. The Morgan fingerprint density at radius 3 is 2.75 bits per heavy atom. The molecule has 28 heavy (non-hydrogen) atoms. The normalized spacial score (nSPS) is 18.9. The SMILES string of the molecule is CCOc1cc(C)nc(N2CCN(C(=O)CC3CCc4ccccc43)CC2)n1. The molecule has 1 aromatic carbocycles. The van der Waals surface area contributed by atoms with E-state index in [0.29, 0.717) is 43.9 Å². The first kappa shape index (κ1) is 18.7. The molecule has 148 valence electrons. The van der Waals surface area contributed by atoms with Crippen LogP contribution in [-0.2, 0) is 11.2 Å². The minimum Gasteiger partial charge on any atom is -0.478 e. The van der Waals surface area contributed by atoms with E-state index in [-0.39, 0.29) is 5.91 Å². The summed E-state index contributed by atoms with van der Waals surface area (Å²) in [5, 5.41) is 0. The zero-order valence-electron chi connectivity index (χ0n) is 16.7. The number of anilines is 1. The highest BCUT2D eigenvalue weighted by atomic mass is 16.5. The molecule has 1 aliphatic heterocycles. The molecule has 2 heterocycles. The van der Waals surface area contributed by atoms with Crippen LogP contribution in [0.3, 0.4) is 0 Å². The summed E-state index contributed by atoms with van der Waals surface area (Å²) in [7, 11) is 0. The number of hydrogen-bond donors (Lipinski definition) is 0. The Hall–Kier alpha value is -2.63. The molecule has 0 radical (unpaired) electrons. The lowest BCUT2D eigenvalue weighted by molar-refractivity contribution is -0.131. The number of nitrogens with zero attached hydrogens (tertiary/aromatic N) is 4. The lowest BCUT2D eigenvalue weighted by Crippen LogP contribution is -2.49. The molecule has 1 saturated heterocycles. The van der Waals surface area contributed by atoms with Crippen LogP contribution in [0.5, 0.6) is 5.88 Å². The number of aryl methyl sites for hydroxylation is 2. The Morgan fingerprint density at radius 1 is 1.18 bits per heavy atom. The molecule has 1 fully saturated rings. The number of amides is 1. The summed E-state index contributed by atoms with van der Waals surface area (Å²) in [5.41, 5.74) is 3.67. The average molecular weight is 380 g/mol. The van der Waals surface area contributed by atoms with Gasteiger partial charge in [0.25, 0.3) is 0 Å². The molecule has 0 spiro atoms. The van der Waals surface area contributed by atoms with Gasteiger partial charge in [0.2, 0.25) is 17.7 Å². The third kappa shape index (κ3) is 3.96. The van der Waals surface area contributed by atoms with Crippen molar-refractivity contribution in [2.24, 2.45) is 0 Å². The Kier molecular flexibility index (Phi) is 5.46. The molecular weight excluding hydrogens is 352 g/mol. The van der Waals surface area contributed by atoms with E-state index >= 15 is 0 Å². The maximum atomic E-state index is 12.9. The first-order valence-corrected chi connectivity index (χ1v) is 10.2. The maximum Gasteiger partial charge on any atom is 0.228 e. The summed E-state index contributed by atoms with van der Waals surface area (Å²) in [6.07, 6.45) is 2.80. The molecule has 1 unspecified atom stereocenters. The number of hydrogen-bond acceptors (Lipinski definition) is 5. The molecule has 1 atom stereocenters. The summed E-state index contributed by atoms with van der Waals surface area (Å²) in [6.45, 7) is 7.42. The van der Waals surface area contributed by atoms with Crippen molar-refractivity contribution in [2.45, 2.75) is 39.0 Å². The van der Waals surface area contributed by atoms with Gasteiger partial charge in [0.15, 0.2) is 0 Å². The van der Waals surface area contributed by atoms with Crippen LogP contribution in [0.4, 0.5) is 5.95 Å². The van der Waals surface area contributed by atoms with Gasteiger partial charge in [-0.2, -0.15) is 4.98 Å². The van der Waals surface area contributed by atoms with E-state index in [4.69, 9.17) is 4.74 Å². The van der Waals surface area contributed by atoms with Crippen LogP contribution < -0.4 is 9.64 Å². The molecule has 6 heteroatoms. The summed E-state index contributed by atoms with van der Waals surface area (Å²) < 4.78 is 5.54. The molecule has 1 amide bonds. The molecular formula is C22H28N4O2. The Labute approximate surface area is 166 Å². The number of piperazine rings is 1. The summed E-state index contributed by atoms with van der Waals surface area (Å²) in [4.78, 5) is 26.1. The number of carbonyl (C=O) groups excluding carboxylic acids is 1. The van der Waals surface area contributed by atoms with Crippen molar-refractivity contribution in [3.05, 3.63) is 47.2 Å². The van der Waals surface area contributed by atoms with Crippen LogP contribution in [0.25, 0.3) is 0 Å². The van der Waals surface area contributed by atoms with Crippen LogP contribution in [-0.4, -0.2) is 53.6 Å². The standard InChI is InChI=1S/C22H28N4O2/c1-3-28-20-14-16(2)23-22(24-20)26-12-10-25(11-13-26)21(27)15-18-9-8-17-6-4-5-7-19(17)18/h4-7,14,18H,3,8-13,15H2,1-2H3. The number of rotatable bonds is 5. The lowest BCUT2D eigenvalue weighted by Gasteiger charge is -2.35. The third-order valence-electron chi connectivity index (χ3n) is 5.70. The van der Waals surface area contributed by atoms with Gasteiger partial charge in [-0.15, -0.1) is 0 Å². The molecule has 6 nitrogen and oxygen atoms in total. The molecule has 1 aromatic heterocycles. The quantitative estimate of drug-likeness (QED) is 0.798. The monoisotopic (exact) mass is 380 g/mol. The highest BCUT2D eigenvalue weighted by Crippen LogP contribution is 2.35. The average Bonchev–Trinajstić information content (AvgIpc) is 3.11. The fourth-order valence-electron chi connectivity index (χ4n) is 4.24. The van der Waals surface area contributed by atoms with Gasteiger partial charge in [-0.25, -0.2) is 4.98 Å². The fourth-order valence-corrected chi connectivity index (χ4v) is 4.24. The smallest absolute Gasteiger partial charge is 0.228 e. The van der Waals surface area contributed by atoms with Gasteiger partial charge >= 0.3 is 0 Å². The van der Waals surface area contributed by atoms with E-state index in [0.717, 1.165) is 31.6 Å². The van der Waals surface area contributed by atoms with E-state index in [9.17, 15) is 4.79 Å². The van der Waals surface area contributed by atoms with E-state index in [1.165, 1.54) is 11.1 Å². The Bertz CT molecular complexity index is 846. The van der Waals surface area contributed by atoms with Gasteiger partial charge in [0.1, 0.15) is 0 Å². The molecule has 0 bridgehead atoms. The van der Waals surface area contributed by atoms with Crippen molar-refractivity contribution in [1.29, 1.82) is 0 Å². The zero-order chi connectivity index (χ0) is 19.5. The Balaban J connectivity index is 1.35. The second-order valence-corrected chi connectivity index (χ2v) is 7.59. The van der Waals surface area contributed by atoms with E-state index < -0.39 is 0 Å². The van der Waals surface area contributed by atoms with Gasteiger partial charge in [-0.3, -0.25) is 4.79 Å². The second kappa shape index (κ2) is 8.17. The summed E-state index contributed by atoms with van der Waals surface area (Å²) in [6, 6.07) is 10.4. The number of ether oxygens (including phenoxy) is 1. The van der Waals surface area contributed by atoms with Crippen molar-refractivity contribution >= 4 is 11.9 Å². The molecule has 4 rings (SSSR count). The van der Waals surface area contributed by atoms with Crippen molar-refractivity contribution in [2.75, 3.05) is 37.7 Å². The highest BCUT2D eigenvalue weighted by Gasteiger charge is 2.28. The van der Waals surface area contributed by atoms with Gasteiger partial charge < -0.3 is 14.5 Å². The molecule has 2 aliphatic rings. The van der Waals surface area contributed by atoms with Gasteiger partial charge in [0.05, 0.1) is 6.61 Å². The first-order chi connectivity index (χ1) is 13.6. The highest BCUT2D eigenvalue weighted by molar-refractivity contribution is 5.77. The predicted octanol–water partition coefficient (Wildman–Crippen LogP) is 2.95. The number of carbonyl (C=O) groups is 1. The van der Waals surface area contributed by atoms with Crippen molar-refractivity contribution in [3.8, 4) is 5.88 Å². The molecule has 1 aliphatic carbocycles. The minimum atomic E-state index is 0.265. The van der Waals surface area contributed by atoms with Gasteiger partial charge in [0, 0.05) is 44.4 Å². The maximum absolute atomic E-state index is 12.9. The minimum absolute atomic E-state index is 0.265. The third-order valence-corrected chi connectivity index (χ3v) is 5.70. The first-order valence-electron chi connectivity index (χ1n) is 10.2. The largest absolute Gasteiger partial charge is 0.478 e. The van der Waals surface area contributed by atoms with E-state index in [1.54, 1.807) is 0 Å². The van der Waals surface area contributed by atoms with Crippen LogP contribution in [0.2, 0.25) is 0 Å². The van der Waals surface area contributed by atoms with Crippen molar-refractivity contribution in [3.63, 3.8) is 0 Å². The summed E-state index contributed by atoms with van der Waals surface area (Å²) >= 11 is 0. The Morgan fingerprint density at radius 2 is 1.96 bits per heavy atom. The number of benzene rings is 1. The van der Waals surface area contributed by atoms with Crippen LogP contribution >= 0.6 is 0 Å². The van der Waals surface area contributed by atoms with Crippen LogP contribution in [0.15, 0.2) is 30.3 Å². The topological polar surface area (TPSA) is 58.6 Å². The zero-order valence-corrected chi connectivity index (χ0v) is 16.7. The van der Waals surface area contributed by atoms with Crippen molar-refractivity contribution < 1.29 is 9.53 Å². The number of fused-ring (bicyclic) bond motifs is 1. The molecule has 0 N–H and O–H groups in total. The molecule has 2 aromatic rings. The second-order valence-electron chi connectivity index (χ2n) is 7.59. The van der Waals surface area contributed by atoms with Gasteiger partial charge in [-0.05, 0) is 43.7 Å².